The molecule has 1 unspecified atom stereocenters. The lowest BCUT2D eigenvalue weighted by atomic mass is 10.1. The Morgan fingerprint density at radius 2 is 2.19 bits per heavy atom. The molecule has 1 fully saturated rings. The monoisotopic (exact) mass is 293 g/mol. The Morgan fingerprint density at radius 3 is 2.76 bits per heavy atom. The van der Waals surface area contributed by atoms with Crippen LogP contribution in [0, 0.1) is 11.7 Å². The Bertz CT molecular complexity index is 525. The second-order valence-corrected chi connectivity index (χ2v) is 6.69. The topological polar surface area (TPSA) is 58.4 Å². The molecule has 0 saturated carbocycles. The number of amides is 1. The van der Waals surface area contributed by atoms with Gasteiger partial charge in [-0.1, -0.05) is 12.1 Å². The Balaban J connectivity index is 2.20. The SMILES string of the molecule is CC(C)(C)NCc1cccc(F)c1N1CCC(C(N)=O)C1. The summed E-state index contributed by atoms with van der Waals surface area (Å²) < 4.78 is 14.3. The summed E-state index contributed by atoms with van der Waals surface area (Å²) in [7, 11) is 0. The van der Waals surface area contributed by atoms with Crippen LogP contribution in [0.2, 0.25) is 0 Å². The third kappa shape index (κ3) is 3.94. The van der Waals surface area contributed by atoms with Crippen LogP contribution in [-0.2, 0) is 11.3 Å². The molecule has 5 heteroatoms. The van der Waals surface area contributed by atoms with Gasteiger partial charge in [-0.05, 0) is 38.8 Å². The minimum absolute atomic E-state index is 0.0373. The van der Waals surface area contributed by atoms with E-state index in [1.807, 2.05) is 11.0 Å². The summed E-state index contributed by atoms with van der Waals surface area (Å²) >= 11 is 0. The van der Waals surface area contributed by atoms with Gasteiger partial charge < -0.3 is 16.0 Å². The molecule has 1 saturated heterocycles. The number of carbonyl (C=O) groups excluding carboxylic acids is 1. The second kappa shape index (κ2) is 6.02. The van der Waals surface area contributed by atoms with Crippen LogP contribution >= 0.6 is 0 Å². The number of anilines is 1. The van der Waals surface area contributed by atoms with Gasteiger partial charge in [0.1, 0.15) is 5.82 Å². The number of rotatable bonds is 4. The van der Waals surface area contributed by atoms with E-state index in [2.05, 4.69) is 26.1 Å². The van der Waals surface area contributed by atoms with Gasteiger partial charge in [0.15, 0.2) is 0 Å². The molecule has 2 rings (SSSR count). The van der Waals surface area contributed by atoms with E-state index in [1.54, 1.807) is 6.07 Å². The molecule has 1 aliphatic heterocycles. The highest BCUT2D eigenvalue weighted by Crippen LogP contribution is 2.30. The molecule has 1 amide bonds. The zero-order chi connectivity index (χ0) is 15.6. The van der Waals surface area contributed by atoms with Crippen molar-refractivity contribution < 1.29 is 9.18 Å². The molecule has 0 radical (unpaired) electrons. The summed E-state index contributed by atoms with van der Waals surface area (Å²) in [6.45, 7) is 7.98. The molecular weight excluding hydrogens is 269 g/mol. The molecule has 3 N–H and O–H groups in total. The fourth-order valence-electron chi connectivity index (χ4n) is 2.61. The van der Waals surface area contributed by atoms with E-state index in [-0.39, 0.29) is 23.2 Å². The van der Waals surface area contributed by atoms with Crippen LogP contribution in [0.15, 0.2) is 18.2 Å². The lowest BCUT2D eigenvalue weighted by Crippen LogP contribution is -2.36. The molecular formula is C16H24FN3O. The van der Waals surface area contributed by atoms with Crippen LogP contribution in [0.25, 0.3) is 0 Å². The zero-order valence-electron chi connectivity index (χ0n) is 12.9. The number of carbonyl (C=O) groups is 1. The number of primary amides is 1. The molecule has 1 aromatic carbocycles. The van der Waals surface area contributed by atoms with Crippen molar-refractivity contribution in [3.05, 3.63) is 29.6 Å². The molecule has 1 aliphatic rings. The molecule has 1 atom stereocenters. The molecule has 4 nitrogen and oxygen atoms in total. The van der Waals surface area contributed by atoms with Gasteiger partial charge in [0.05, 0.1) is 11.6 Å². The highest BCUT2D eigenvalue weighted by Gasteiger charge is 2.29. The number of para-hydroxylation sites is 1. The summed E-state index contributed by atoms with van der Waals surface area (Å²) in [4.78, 5) is 13.2. The van der Waals surface area contributed by atoms with Gasteiger partial charge in [-0.3, -0.25) is 4.79 Å². The number of benzene rings is 1. The van der Waals surface area contributed by atoms with E-state index in [9.17, 15) is 9.18 Å². The van der Waals surface area contributed by atoms with Crippen molar-refractivity contribution in [2.24, 2.45) is 11.7 Å². The maximum absolute atomic E-state index is 14.3. The molecule has 0 bridgehead atoms. The predicted molar refractivity (Wildman–Crippen MR) is 82.5 cm³/mol. The third-order valence-electron chi connectivity index (χ3n) is 3.79. The number of nitrogens with two attached hydrogens (primary N) is 1. The minimum Gasteiger partial charge on any atom is -0.369 e. The smallest absolute Gasteiger partial charge is 0.222 e. The highest BCUT2D eigenvalue weighted by molar-refractivity contribution is 5.78. The van der Waals surface area contributed by atoms with Gasteiger partial charge >= 0.3 is 0 Å². The van der Waals surface area contributed by atoms with Crippen LogP contribution < -0.4 is 16.0 Å². The first-order valence-corrected chi connectivity index (χ1v) is 7.34. The molecule has 1 heterocycles. The van der Waals surface area contributed by atoms with E-state index >= 15 is 0 Å². The predicted octanol–water partition coefficient (Wildman–Crippen LogP) is 2.03. The fraction of sp³-hybridized carbons (Fsp3) is 0.562. The summed E-state index contributed by atoms with van der Waals surface area (Å²) in [5.74, 6) is -0.732. The van der Waals surface area contributed by atoms with Gasteiger partial charge in [-0.2, -0.15) is 0 Å². The van der Waals surface area contributed by atoms with Crippen molar-refractivity contribution in [2.45, 2.75) is 39.3 Å². The maximum Gasteiger partial charge on any atom is 0.222 e. The van der Waals surface area contributed by atoms with Gasteiger partial charge in [0.2, 0.25) is 5.91 Å². The van der Waals surface area contributed by atoms with Crippen LogP contribution in [0.1, 0.15) is 32.8 Å². The van der Waals surface area contributed by atoms with Crippen molar-refractivity contribution in [3.8, 4) is 0 Å². The van der Waals surface area contributed by atoms with Crippen LogP contribution in [0.5, 0.6) is 0 Å². The Labute approximate surface area is 125 Å². The second-order valence-electron chi connectivity index (χ2n) is 6.69. The van der Waals surface area contributed by atoms with E-state index in [0.29, 0.717) is 31.7 Å². The Kier molecular flexibility index (Phi) is 4.52. The summed E-state index contributed by atoms with van der Waals surface area (Å²) in [6.07, 6.45) is 0.690. The average molecular weight is 293 g/mol. The average Bonchev–Trinajstić information content (AvgIpc) is 2.85. The molecule has 116 valence electrons. The first kappa shape index (κ1) is 15.8. The normalized spacial score (nSPS) is 19.0. The van der Waals surface area contributed by atoms with Crippen LogP contribution in [0.3, 0.4) is 0 Å². The van der Waals surface area contributed by atoms with Gasteiger partial charge in [0, 0.05) is 25.2 Å². The quantitative estimate of drug-likeness (QED) is 0.893. The molecule has 1 aromatic rings. The van der Waals surface area contributed by atoms with E-state index in [4.69, 9.17) is 5.73 Å². The molecule has 0 spiro atoms. The van der Waals surface area contributed by atoms with Gasteiger partial charge in [0.25, 0.3) is 0 Å². The minimum atomic E-state index is -0.303. The molecule has 21 heavy (non-hydrogen) atoms. The fourth-order valence-corrected chi connectivity index (χ4v) is 2.61. The molecule has 0 aromatic heterocycles. The van der Waals surface area contributed by atoms with Gasteiger partial charge in [-0.15, -0.1) is 0 Å². The Hall–Kier alpha value is -1.62. The number of nitrogens with zero attached hydrogens (tertiary/aromatic N) is 1. The first-order chi connectivity index (χ1) is 9.78. The lowest BCUT2D eigenvalue weighted by Gasteiger charge is -2.25. The standard InChI is InChI=1S/C16H24FN3O/c1-16(2,3)19-9-11-5-4-6-13(17)14(11)20-8-7-12(10-20)15(18)21/h4-6,12,19H,7-10H2,1-3H3,(H2,18,21). The van der Waals surface area contributed by atoms with Crippen LogP contribution in [-0.4, -0.2) is 24.5 Å². The van der Waals surface area contributed by atoms with E-state index in [1.165, 1.54) is 6.07 Å². The zero-order valence-corrected chi connectivity index (χ0v) is 12.9. The lowest BCUT2D eigenvalue weighted by molar-refractivity contribution is -0.121. The van der Waals surface area contributed by atoms with E-state index < -0.39 is 0 Å². The largest absolute Gasteiger partial charge is 0.369 e. The maximum atomic E-state index is 14.3. The van der Waals surface area contributed by atoms with Crippen molar-refractivity contribution in [2.75, 3.05) is 18.0 Å². The van der Waals surface area contributed by atoms with Crippen molar-refractivity contribution in [3.63, 3.8) is 0 Å². The summed E-state index contributed by atoms with van der Waals surface area (Å²) in [6, 6.07) is 5.11. The van der Waals surface area contributed by atoms with Crippen LogP contribution in [0.4, 0.5) is 10.1 Å². The van der Waals surface area contributed by atoms with Crippen molar-refractivity contribution in [1.82, 2.24) is 5.32 Å². The first-order valence-electron chi connectivity index (χ1n) is 7.34. The van der Waals surface area contributed by atoms with Crippen molar-refractivity contribution in [1.29, 1.82) is 0 Å². The molecule has 0 aliphatic carbocycles. The highest BCUT2D eigenvalue weighted by atomic mass is 19.1. The third-order valence-corrected chi connectivity index (χ3v) is 3.79. The van der Waals surface area contributed by atoms with E-state index in [0.717, 1.165) is 5.56 Å². The Morgan fingerprint density at radius 1 is 1.48 bits per heavy atom. The summed E-state index contributed by atoms with van der Waals surface area (Å²) in [5, 5.41) is 3.38. The number of halogens is 1. The van der Waals surface area contributed by atoms with Gasteiger partial charge in [-0.25, -0.2) is 4.39 Å². The van der Waals surface area contributed by atoms with Crippen molar-refractivity contribution >= 4 is 11.6 Å². The number of hydrogen-bond donors (Lipinski definition) is 2. The number of nitrogens with one attached hydrogen (secondary N) is 1. The number of hydrogen-bond acceptors (Lipinski definition) is 3. The summed E-state index contributed by atoms with van der Waals surface area (Å²) in [5.41, 5.74) is 6.83.